The Bertz CT molecular complexity index is 971. The molecule has 27 heavy (non-hydrogen) atoms. The normalized spacial score (nSPS) is 10.6. The minimum Gasteiger partial charge on any atom is -0.474 e. The number of likely N-dealkylation sites (N-methyl/N-ethyl adjacent to an activating group) is 1. The molecule has 0 aliphatic carbocycles. The zero-order valence-corrected chi connectivity index (χ0v) is 16.1. The fourth-order valence-electron chi connectivity index (χ4n) is 2.36. The Morgan fingerprint density at radius 1 is 0.963 bits per heavy atom. The molecule has 0 saturated heterocycles. The van der Waals surface area contributed by atoms with Crippen LogP contribution in [0.25, 0.3) is 11.2 Å². The first-order chi connectivity index (χ1) is 13.0. The number of rotatable bonds is 5. The highest BCUT2D eigenvalue weighted by Crippen LogP contribution is 2.17. The van der Waals surface area contributed by atoms with Gasteiger partial charge in [-0.3, -0.25) is 0 Å². The van der Waals surface area contributed by atoms with Crippen molar-refractivity contribution in [1.29, 1.82) is 0 Å². The molecule has 0 bridgehead atoms. The smallest absolute Gasteiger partial charge is 0.249 e. The highest BCUT2D eigenvalue weighted by atomic mass is 16.5. The summed E-state index contributed by atoms with van der Waals surface area (Å²) >= 11 is 0. The van der Waals surface area contributed by atoms with E-state index in [1.807, 2.05) is 74.4 Å². The summed E-state index contributed by atoms with van der Waals surface area (Å²) in [6, 6.07) is 11.7. The largest absolute Gasteiger partial charge is 0.474 e. The molecule has 0 radical (unpaired) electrons. The summed E-state index contributed by atoms with van der Waals surface area (Å²) in [5, 5.41) is 0. The van der Waals surface area contributed by atoms with Gasteiger partial charge in [-0.05, 0) is 56.4 Å². The third kappa shape index (κ3) is 4.93. The lowest BCUT2D eigenvalue weighted by molar-refractivity contribution is 0.253. The molecule has 1 aromatic carbocycles. The zero-order chi connectivity index (χ0) is 19.2. The van der Waals surface area contributed by atoms with Crippen molar-refractivity contribution >= 4 is 16.9 Å². The van der Waals surface area contributed by atoms with Gasteiger partial charge in [0.1, 0.15) is 12.1 Å². The van der Waals surface area contributed by atoms with Gasteiger partial charge in [-0.25, -0.2) is 15.0 Å². The fraction of sp³-hybridized carbons (Fsp3) is 0.286. The number of hydrogen-bond donors (Lipinski definition) is 0. The molecule has 3 aromatic rings. The summed E-state index contributed by atoms with van der Waals surface area (Å²) in [6.45, 7) is 1.30. The van der Waals surface area contributed by atoms with Gasteiger partial charge in [-0.2, -0.15) is 0 Å². The molecule has 2 heterocycles. The van der Waals surface area contributed by atoms with Crippen LogP contribution < -0.4 is 9.64 Å². The lowest BCUT2D eigenvalue weighted by atomic mass is 10.2. The van der Waals surface area contributed by atoms with Crippen LogP contribution in [0.15, 0.2) is 42.6 Å². The Kier molecular flexibility index (Phi) is 5.84. The number of hydrogen-bond acceptors (Lipinski definition) is 6. The van der Waals surface area contributed by atoms with Crippen molar-refractivity contribution < 1.29 is 4.74 Å². The number of fused-ring (bicyclic) bond motifs is 1. The number of anilines is 1. The van der Waals surface area contributed by atoms with Crippen molar-refractivity contribution in [3.8, 4) is 17.7 Å². The molecule has 0 atom stereocenters. The standard InChI is InChI=1S/C21H23N5O/c1-25(2)14-15-27-21-19(23-20-18(24-21)6-5-13-22-20)12-9-16-7-10-17(11-8-16)26(3)4/h5-8,10-11,13H,14-15H2,1-4H3. The number of nitrogens with zero attached hydrogens (tertiary/aromatic N) is 5. The van der Waals surface area contributed by atoms with Crippen LogP contribution in [-0.2, 0) is 0 Å². The maximum Gasteiger partial charge on any atom is 0.249 e. The lowest BCUT2D eigenvalue weighted by Gasteiger charge is -2.11. The van der Waals surface area contributed by atoms with Crippen LogP contribution >= 0.6 is 0 Å². The second-order valence-corrected chi connectivity index (χ2v) is 6.57. The maximum absolute atomic E-state index is 5.84. The van der Waals surface area contributed by atoms with Crippen molar-refractivity contribution in [1.82, 2.24) is 19.9 Å². The summed E-state index contributed by atoms with van der Waals surface area (Å²) in [7, 11) is 8.01. The van der Waals surface area contributed by atoms with Gasteiger partial charge in [0.2, 0.25) is 5.88 Å². The molecular formula is C21H23N5O. The molecule has 0 aliphatic rings. The third-order valence-corrected chi connectivity index (χ3v) is 3.89. The van der Waals surface area contributed by atoms with Gasteiger partial charge in [0, 0.05) is 38.1 Å². The van der Waals surface area contributed by atoms with E-state index in [-0.39, 0.29) is 0 Å². The Hall–Kier alpha value is -3.17. The van der Waals surface area contributed by atoms with Crippen LogP contribution in [0.5, 0.6) is 5.88 Å². The molecule has 0 saturated carbocycles. The second-order valence-electron chi connectivity index (χ2n) is 6.57. The quantitative estimate of drug-likeness (QED) is 0.651. The molecule has 2 aromatic heterocycles. The summed E-state index contributed by atoms with van der Waals surface area (Å²) in [6.07, 6.45) is 1.70. The van der Waals surface area contributed by atoms with Gasteiger partial charge in [-0.15, -0.1) is 0 Å². The van der Waals surface area contributed by atoms with Crippen molar-refractivity contribution in [2.45, 2.75) is 0 Å². The first-order valence-corrected chi connectivity index (χ1v) is 8.72. The van der Waals surface area contributed by atoms with Crippen LogP contribution in [-0.4, -0.2) is 61.2 Å². The molecule has 0 fully saturated rings. The number of benzene rings is 1. The predicted octanol–water partition coefficient (Wildman–Crippen LogP) is 2.43. The van der Waals surface area contributed by atoms with Crippen LogP contribution in [0.2, 0.25) is 0 Å². The Morgan fingerprint density at radius 2 is 1.74 bits per heavy atom. The Balaban J connectivity index is 1.91. The van der Waals surface area contributed by atoms with Crippen LogP contribution in [0, 0.1) is 11.8 Å². The minimum atomic E-state index is 0.440. The fourth-order valence-corrected chi connectivity index (χ4v) is 2.36. The monoisotopic (exact) mass is 361 g/mol. The average Bonchev–Trinajstić information content (AvgIpc) is 2.66. The lowest BCUT2D eigenvalue weighted by Crippen LogP contribution is -2.20. The summed E-state index contributed by atoms with van der Waals surface area (Å²) in [5.41, 5.74) is 3.78. The number of pyridine rings is 1. The van der Waals surface area contributed by atoms with Crippen LogP contribution in [0.4, 0.5) is 5.69 Å². The molecule has 0 aliphatic heterocycles. The van der Waals surface area contributed by atoms with Gasteiger partial charge in [0.25, 0.3) is 0 Å². The molecule has 6 heteroatoms. The van der Waals surface area contributed by atoms with Gasteiger partial charge in [-0.1, -0.05) is 5.92 Å². The van der Waals surface area contributed by atoms with E-state index >= 15 is 0 Å². The summed E-state index contributed by atoms with van der Waals surface area (Å²) < 4.78 is 5.84. The van der Waals surface area contributed by atoms with Crippen LogP contribution in [0.3, 0.4) is 0 Å². The number of ether oxygens (including phenoxy) is 1. The summed E-state index contributed by atoms with van der Waals surface area (Å²) in [5.74, 6) is 6.67. The molecule has 0 spiro atoms. The van der Waals surface area contributed by atoms with E-state index in [4.69, 9.17) is 4.74 Å². The molecule has 3 rings (SSSR count). The predicted molar refractivity (Wildman–Crippen MR) is 108 cm³/mol. The first kappa shape index (κ1) is 18.6. The van der Waals surface area contributed by atoms with Gasteiger partial charge in [0.05, 0.1) is 0 Å². The van der Waals surface area contributed by atoms with Crippen LogP contribution in [0.1, 0.15) is 11.3 Å². The van der Waals surface area contributed by atoms with Gasteiger partial charge >= 0.3 is 0 Å². The van der Waals surface area contributed by atoms with Crippen molar-refractivity contribution in [2.75, 3.05) is 46.2 Å². The van der Waals surface area contributed by atoms with Crippen molar-refractivity contribution in [2.24, 2.45) is 0 Å². The van der Waals surface area contributed by atoms with Gasteiger partial charge < -0.3 is 14.5 Å². The van der Waals surface area contributed by atoms with E-state index in [1.54, 1.807) is 6.20 Å². The average molecular weight is 361 g/mol. The van der Waals surface area contributed by atoms with E-state index in [9.17, 15) is 0 Å². The number of aromatic nitrogens is 3. The molecular weight excluding hydrogens is 338 g/mol. The third-order valence-electron chi connectivity index (χ3n) is 3.89. The van der Waals surface area contributed by atoms with Crippen molar-refractivity contribution in [3.05, 3.63) is 53.9 Å². The molecule has 0 unspecified atom stereocenters. The molecule has 6 nitrogen and oxygen atoms in total. The second kappa shape index (κ2) is 8.47. The zero-order valence-electron chi connectivity index (χ0n) is 16.1. The van der Waals surface area contributed by atoms with Crippen molar-refractivity contribution in [3.63, 3.8) is 0 Å². The topological polar surface area (TPSA) is 54.4 Å². The van der Waals surface area contributed by atoms with E-state index in [1.165, 1.54) is 0 Å². The SMILES string of the molecule is CN(C)CCOc1nc2cccnc2nc1C#Cc1ccc(N(C)C)cc1. The van der Waals surface area contributed by atoms with E-state index in [0.29, 0.717) is 29.3 Å². The Labute approximate surface area is 159 Å². The highest BCUT2D eigenvalue weighted by molar-refractivity contribution is 5.71. The first-order valence-electron chi connectivity index (χ1n) is 8.72. The minimum absolute atomic E-state index is 0.440. The van der Waals surface area contributed by atoms with E-state index in [2.05, 4.69) is 26.8 Å². The van der Waals surface area contributed by atoms with Gasteiger partial charge in [0.15, 0.2) is 11.3 Å². The Morgan fingerprint density at radius 3 is 2.44 bits per heavy atom. The maximum atomic E-state index is 5.84. The summed E-state index contributed by atoms with van der Waals surface area (Å²) in [4.78, 5) is 17.5. The molecule has 0 N–H and O–H groups in total. The highest BCUT2D eigenvalue weighted by Gasteiger charge is 2.09. The molecule has 0 amide bonds. The molecule has 138 valence electrons. The van der Waals surface area contributed by atoms with E-state index < -0.39 is 0 Å². The van der Waals surface area contributed by atoms with E-state index in [0.717, 1.165) is 17.8 Å².